The first-order valence-corrected chi connectivity index (χ1v) is 35.6. The molecule has 0 aliphatic carbocycles. The molecule has 482 valence electrons. The number of carbonyl (C=O) groups excluding carboxylic acids is 1. The number of hydrogen-bond donors (Lipinski definition) is 8. The van der Waals surface area contributed by atoms with Gasteiger partial charge in [-0.15, -0.1) is 0 Å². The Bertz CT molecular complexity index is 1320. The molecule has 0 spiro atoms. The molecule has 8 N–H and O–H groups in total. The van der Waals surface area contributed by atoms with Crippen LogP contribution >= 0.6 is 0 Å². The summed E-state index contributed by atoms with van der Waals surface area (Å²) < 4.78 is 11.2. The molecule has 0 aromatic carbocycles. The van der Waals surface area contributed by atoms with E-state index in [0.717, 1.165) is 38.5 Å². The molecule has 1 amide bonds. The number of unbranched alkanes of at least 4 members (excludes halogenated alkanes) is 49. The van der Waals surface area contributed by atoms with Crippen LogP contribution in [0.1, 0.15) is 361 Å². The molecule has 1 aliphatic rings. The van der Waals surface area contributed by atoms with E-state index < -0.39 is 74.2 Å². The molecule has 1 aliphatic heterocycles. The first-order chi connectivity index (χ1) is 39.7. The second-order valence-electron chi connectivity index (χ2n) is 25.3. The number of carbonyl (C=O) groups is 1. The van der Waals surface area contributed by atoms with E-state index in [1.54, 1.807) is 0 Å². The molecule has 0 saturated carbocycles. The van der Waals surface area contributed by atoms with Crippen LogP contribution < -0.4 is 5.32 Å². The number of aliphatic hydroxyl groups is 7. The van der Waals surface area contributed by atoms with Crippen LogP contribution in [0.3, 0.4) is 0 Å². The number of aliphatic hydroxyl groups excluding tert-OH is 7. The van der Waals surface area contributed by atoms with Crippen LogP contribution in [0, 0.1) is 0 Å². The van der Waals surface area contributed by atoms with Gasteiger partial charge in [0, 0.05) is 0 Å². The zero-order valence-electron chi connectivity index (χ0n) is 53.3. The van der Waals surface area contributed by atoms with Crippen molar-refractivity contribution in [1.29, 1.82) is 0 Å². The van der Waals surface area contributed by atoms with Gasteiger partial charge in [-0.2, -0.15) is 0 Å². The van der Waals surface area contributed by atoms with Gasteiger partial charge < -0.3 is 50.5 Å². The highest BCUT2D eigenvalue weighted by Crippen LogP contribution is 2.24. The summed E-state index contributed by atoms with van der Waals surface area (Å²) >= 11 is 0. The van der Waals surface area contributed by atoms with Crippen LogP contribution in [0.4, 0.5) is 0 Å². The normalized spacial score (nSPS) is 19.1. The summed E-state index contributed by atoms with van der Waals surface area (Å²) in [5.74, 6) is -0.699. The van der Waals surface area contributed by atoms with Crippen molar-refractivity contribution < 1.29 is 50.0 Å². The fraction of sp³-hybridized carbons (Fsp3) is 0.957. The van der Waals surface area contributed by atoms with Crippen LogP contribution in [-0.4, -0.2) is 110 Å². The largest absolute Gasteiger partial charge is 0.394 e. The van der Waals surface area contributed by atoms with Crippen LogP contribution in [-0.2, 0) is 14.3 Å². The third-order valence-electron chi connectivity index (χ3n) is 17.6. The quantitative estimate of drug-likeness (QED) is 0.0215. The number of allylic oxidation sites excluding steroid dienone is 2. The predicted octanol–water partition coefficient (Wildman–Crippen LogP) is 17.0. The summed E-state index contributed by atoms with van der Waals surface area (Å²) in [5, 5.41) is 76.3. The van der Waals surface area contributed by atoms with Crippen LogP contribution in [0.25, 0.3) is 0 Å². The van der Waals surface area contributed by atoms with Gasteiger partial charge >= 0.3 is 0 Å². The summed E-state index contributed by atoms with van der Waals surface area (Å²) in [7, 11) is 0. The zero-order chi connectivity index (χ0) is 58.9. The van der Waals surface area contributed by atoms with Gasteiger partial charge in [-0.05, 0) is 38.5 Å². The molecular formula is C70H137NO10. The topological polar surface area (TPSA) is 189 Å². The van der Waals surface area contributed by atoms with Gasteiger partial charge in [0.2, 0.25) is 5.91 Å². The first-order valence-electron chi connectivity index (χ1n) is 35.6. The smallest absolute Gasteiger partial charge is 0.249 e. The molecule has 11 heteroatoms. The van der Waals surface area contributed by atoms with Gasteiger partial charge in [0.1, 0.15) is 36.6 Å². The molecule has 0 aromatic heterocycles. The summed E-state index contributed by atoms with van der Waals surface area (Å²) in [6.45, 7) is 3.49. The lowest BCUT2D eigenvalue weighted by molar-refractivity contribution is -0.303. The number of rotatable bonds is 63. The fourth-order valence-corrected chi connectivity index (χ4v) is 11.9. The number of amides is 1. The van der Waals surface area contributed by atoms with Crippen molar-refractivity contribution in [2.75, 3.05) is 13.2 Å². The van der Waals surface area contributed by atoms with Gasteiger partial charge in [0.25, 0.3) is 0 Å². The second-order valence-corrected chi connectivity index (χ2v) is 25.3. The van der Waals surface area contributed by atoms with Gasteiger partial charge in [-0.3, -0.25) is 4.79 Å². The van der Waals surface area contributed by atoms with Crippen molar-refractivity contribution >= 4 is 5.91 Å². The number of hydrogen-bond acceptors (Lipinski definition) is 10. The third-order valence-corrected chi connectivity index (χ3v) is 17.6. The minimum Gasteiger partial charge on any atom is -0.394 e. The summed E-state index contributed by atoms with van der Waals surface area (Å²) in [5.41, 5.74) is 0. The average Bonchev–Trinajstić information content (AvgIpc) is 3.49. The molecular weight excluding hydrogens is 1010 g/mol. The third kappa shape index (κ3) is 46.7. The summed E-state index contributed by atoms with van der Waals surface area (Å²) in [4.78, 5) is 13.2. The summed E-state index contributed by atoms with van der Waals surface area (Å²) in [6.07, 6.45) is 61.9. The molecule has 11 nitrogen and oxygen atoms in total. The predicted molar refractivity (Wildman–Crippen MR) is 339 cm³/mol. The highest BCUT2D eigenvalue weighted by Gasteiger charge is 2.44. The highest BCUT2D eigenvalue weighted by atomic mass is 16.7. The molecule has 0 radical (unpaired) electrons. The average molecular weight is 1150 g/mol. The maximum absolute atomic E-state index is 13.2. The molecule has 81 heavy (non-hydrogen) atoms. The number of ether oxygens (including phenoxy) is 2. The molecule has 9 atom stereocenters. The highest BCUT2D eigenvalue weighted by molar-refractivity contribution is 5.80. The maximum Gasteiger partial charge on any atom is 0.249 e. The molecule has 1 fully saturated rings. The van der Waals surface area contributed by atoms with Gasteiger partial charge in [-0.1, -0.05) is 334 Å². The molecule has 1 heterocycles. The Morgan fingerprint density at radius 1 is 0.420 bits per heavy atom. The van der Waals surface area contributed by atoms with E-state index in [1.807, 2.05) is 0 Å². The van der Waals surface area contributed by atoms with E-state index >= 15 is 0 Å². The Balaban J connectivity index is 2.10. The molecule has 1 saturated heterocycles. The van der Waals surface area contributed by atoms with Gasteiger partial charge in [-0.25, -0.2) is 0 Å². The van der Waals surface area contributed by atoms with E-state index in [1.165, 1.54) is 283 Å². The molecule has 0 bridgehead atoms. The lowest BCUT2D eigenvalue weighted by Gasteiger charge is -2.40. The van der Waals surface area contributed by atoms with Crippen molar-refractivity contribution in [3.8, 4) is 0 Å². The SMILES string of the molecule is CCCCCCCCCCCCC/C=C/CCCC(O)C(O)C(COC1OC(CO)C(O)C(O)C1O)NC(=O)C(O)CCCCCCCCCCCCCCCCCCCCCCCCCCCCCCCCCCCCCCCC. The number of nitrogens with one attached hydrogen (secondary N) is 1. The monoisotopic (exact) mass is 1150 g/mol. The van der Waals surface area contributed by atoms with E-state index in [0.29, 0.717) is 12.8 Å². The van der Waals surface area contributed by atoms with E-state index in [4.69, 9.17) is 9.47 Å². The van der Waals surface area contributed by atoms with Gasteiger partial charge in [0.05, 0.1) is 25.4 Å². The van der Waals surface area contributed by atoms with Crippen molar-refractivity contribution in [3.63, 3.8) is 0 Å². The van der Waals surface area contributed by atoms with Crippen molar-refractivity contribution in [2.45, 2.75) is 416 Å². The van der Waals surface area contributed by atoms with Crippen molar-refractivity contribution in [2.24, 2.45) is 0 Å². The Kier molecular flexibility index (Phi) is 56.9. The van der Waals surface area contributed by atoms with Crippen LogP contribution in [0.15, 0.2) is 12.2 Å². The van der Waals surface area contributed by atoms with Crippen LogP contribution in [0.2, 0.25) is 0 Å². The van der Waals surface area contributed by atoms with E-state index in [-0.39, 0.29) is 12.8 Å². The Labute approximate surface area is 500 Å². The summed E-state index contributed by atoms with van der Waals surface area (Å²) in [6, 6.07) is -1.18. The first kappa shape index (κ1) is 77.9. The second kappa shape index (κ2) is 59.2. The maximum atomic E-state index is 13.2. The van der Waals surface area contributed by atoms with Crippen molar-refractivity contribution in [3.05, 3.63) is 12.2 Å². The fourth-order valence-electron chi connectivity index (χ4n) is 11.9. The lowest BCUT2D eigenvalue weighted by atomic mass is 9.98. The standard InChI is InChI=1S/C70H137NO10/c1-3-5-7-9-11-13-15-17-19-21-22-23-24-25-26-27-28-29-30-31-32-33-34-35-36-37-38-39-40-41-42-44-46-48-50-52-54-56-58-63(74)69(79)71-61(60-80-70-68(78)67(77)66(76)64(59-72)81-70)65(75)62(73)57-55-53-51-49-47-45-43-20-18-16-14-12-10-8-6-4-2/h49,51,61-68,70,72-78H,3-48,50,52-60H2,1-2H3,(H,71,79)/b51-49+. The molecule has 1 rings (SSSR count). The zero-order valence-corrected chi connectivity index (χ0v) is 53.3. The van der Waals surface area contributed by atoms with E-state index in [2.05, 4.69) is 31.3 Å². The Hall–Kier alpha value is -1.15. The minimum absolute atomic E-state index is 0.260. The van der Waals surface area contributed by atoms with Crippen LogP contribution in [0.5, 0.6) is 0 Å². The minimum atomic E-state index is -1.67. The lowest BCUT2D eigenvalue weighted by Crippen LogP contribution is -2.60. The Morgan fingerprint density at radius 3 is 1.06 bits per heavy atom. The molecule has 0 aromatic rings. The van der Waals surface area contributed by atoms with Crippen molar-refractivity contribution in [1.82, 2.24) is 5.32 Å². The Morgan fingerprint density at radius 2 is 0.728 bits per heavy atom. The van der Waals surface area contributed by atoms with E-state index in [9.17, 15) is 40.5 Å². The van der Waals surface area contributed by atoms with Gasteiger partial charge in [0.15, 0.2) is 6.29 Å². The molecule has 9 unspecified atom stereocenters.